The fourth-order valence-corrected chi connectivity index (χ4v) is 3.97. The lowest BCUT2D eigenvalue weighted by atomic mass is 10.1. The molecule has 0 radical (unpaired) electrons. The SMILES string of the molecule is CC[C@H]1CN(c2nccc(N[C@@H]3CCCOC3)n2)CCS1. The van der Waals surface area contributed by atoms with Gasteiger partial charge in [0.2, 0.25) is 5.95 Å². The molecular weight excluding hydrogens is 284 g/mol. The van der Waals surface area contributed by atoms with Crippen LogP contribution in [0.2, 0.25) is 0 Å². The lowest BCUT2D eigenvalue weighted by Gasteiger charge is -2.32. The molecule has 2 aliphatic rings. The van der Waals surface area contributed by atoms with Crippen molar-refractivity contribution in [3.8, 4) is 0 Å². The minimum Gasteiger partial charge on any atom is -0.379 e. The number of anilines is 2. The number of thioether (sulfide) groups is 1. The second kappa shape index (κ2) is 7.31. The molecular formula is C15H24N4OS. The summed E-state index contributed by atoms with van der Waals surface area (Å²) < 4.78 is 5.51. The molecule has 1 N–H and O–H groups in total. The van der Waals surface area contributed by atoms with Crippen LogP contribution in [-0.4, -0.2) is 53.3 Å². The van der Waals surface area contributed by atoms with Crippen LogP contribution in [0.4, 0.5) is 11.8 Å². The van der Waals surface area contributed by atoms with Crippen molar-refractivity contribution in [3.05, 3.63) is 12.3 Å². The van der Waals surface area contributed by atoms with Gasteiger partial charge in [-0.3, -0.25) is 0 Å². The van der Waals surface area contributed by atoms with E-state index in [1.54, 1.807) is 0 Å². The van der Waals surface area contributed by atoms with Crippen molar-refractivity contribution in [3.63, 3.8) is 0 Å². The maximum Gasteiger partial charge on any atom is 0.227 e. The van der Waals surface area contributed by atoms with Crippen LogP contribution in [0, 0.1) is 0 Å². The highest BCUT2D eigenvalue weighted by Crippen LogP contribution is 2.24. The van der Waals surface area contributed by atoms with E-state index in [-0.39, 0.29) is 0 Å². The van der Waals surface area contributed by atoms with E-state index in [0.29, 0.717) is 11.3 Å². The summed E-state index contributed by atoms with van der Waals surface area (Å²) >= 11 is 2.06. The summed E-state index contributed by atoms with van der Waals surface area (Å²) in [6, 6.07) is 2.33. The third-order valence-corrected chi connectivity index (χ3v) is 5.40. The van der Waals surface area contributed by atoms with E-state index in [2.05, 4.69) is 33.9 Å². The topological polar surface area (TPSA) is 50.3 Å². The van der Waals surface area contributed by atoms with Crippen LogP contribution in [0.25, 0.3) is 0 Å². The molecule has 0 aromatic carbocycles. The Labute approximate surface area is 130 Å². The largest absolute Gasteiger partial charge is 0.379 e. The number of ether oxygens (including phenoxy) is 1. The summed E-state index contributed by atoms with van der Waals surface area (Å²) in [5, 5.41) is 4.18. The van der Waals surface area contributed by atoms with E-state index in [1.807, 2.05) is 12.3 Å². The Morgan fingerprint density at radius 2 is 2.48 bits per heavy atom. The molecule has 0 unspecified atom stereocenters. The van der Waals surface area contributed by atoms with Crippen LogP contribution >= 0.6 is 11.8 Å². The molecule has 3 rings (SSSR count). The van der Waals surface area contributed by atoms with Crippen LogP contribution in [0.3, 0.4) is 0 Å². The van der Waals surface area contributed by atoms with E-state index in [9.17, 15) is 0 Å². The van der Waals surface area contributed by atoms with Crippen molar-refractivity contribution in [2.45, 2.75) is 37.5 Å². The second-order valence-corrected chi connectivity index (χ2v) is 7.06. The quantitative estimate of drug-likeness (QED) is 0.922. The fourth-order valence-electron chi connectivity index (χ4n) is 2.79. The first kappa shape index (κ1) is 14.9. The normalized spacial score (nSPS) is 26.6. The molecule has 116 valence electrons. The smallest absolute Gasteiger partial charge is 0.227 e. The van der Waals surface area contributed by atoms with Gasteiger partial charge in [-0.25, -0.2) is 4.98 Å². The Hall–Kier alpha value is -1.01. The molecule has 1 aromatic heterocycles. The van der Waals surface area contributed by atoms with Gasteiger partial charge in [0.25, 0.3) is 0 Å². The molecule has 0 bridgehead atoms. The molecule has 2 atom stereocenters. The zero-order valence-corrected chi connectivity index (χ0v) is 13.4. The lowest BCUT2D eigenvalue weighted by Crippen LogP contribution is -2.38. The summed E-state index contributed by atoms with van der Waals surface area (Å²) in [6.07, 6.45) is 5.34. The van der Waals surface area contributed by atoms with Crippen molar-refractivity contribution in [1.82, 2.24) is 9.97 Å². The molecule has 0 saturated carbocycles. The van der Waals surface area contributed by atoms with Gasteiger partial charge in [-0.1, -0.05) is 6.92 Å². The molecule has 2 aliphatic heterocycles. The van der Waals surface area contributed by atoms with Gasteiger partial charge in [-0.2, -0.15) is 16.7 Å². The second-order valence-electron chi connectivity index (χ2n) is 5.65. The van der Waals surface area contributed by atoms with Gasteiger partial charge >= 0.3 is 0 Å². The Bertz CT molecular complexity index is 453. The van der Waals surface area contributed by atoms with Gasteiger partial charge in [0.15, 0.2) is 0 Å². The molecule has 2 fully saturated rings. The van der Waals surface area contributed by atoms with Crippen molar-refractivity contribution in [2.24, 2.45) is 0 Å². The van der Waals surface area contributed by atoms with Gasteiger partial charge in [0.05, 0.1) is 12.6 Å². The predicted octanol–water partition coefficient (Wildman–Crippen LogP) is 2.40. The first-order chi connectivity index (χ1) is 10.3. The third-order valence-electron chi connectivity index (χ3n) is 4.03. The highest BCUT2D eigenvalue weighted by atomic mass is 32.2. The number of nitrogens with one attached hydrogen (secondary N) is 1. The Morgan fingerprint density at radius 1 is 1.52 bits per heavy atom. The van der Waals surface area contributed by atoms with Crippen LogP contribution in [0.1, 0.15) is 26.2 Å². The molecule has 0 aliphatic carbocycles. The monoisotopic (exact) mass is 308 g/mol. The van der Waals surface area contributed by atoms with Gasteiger partial charge in [0.1, 0.15) is 5.82 Å². The molecule has 5 nitrogen and oxygen atoms in total. The number of nitrogens with zero attached hydrogens (tertiary/aromatic N) is 3. The number of aromatic nitrogens is 2. The van der Waals surface area contributed by atoms with Gasteiger partial charge in [-0.15, -0.1) is 0 Å². The minimum absolute atomic E-state index is 0.377. The Morgan fingerprint density at radius 3 is 3.29 bits per heavy atom. The van der Waals surface area contributed by atoms with Gasteiger partial charge in [0, 0.05) is 36.9 Å². The minimum atomic E-state index is 0.377. The molecule has 2 saturated heterocycles. The zero-order valence-electron chi connectivity index (χ0n) is 12.6. The standard InChI is InChI=1S/C15H24N4OS/c1-2-13-10-19(7-9-21-13)15-16-6-5-14(18-15)17-12-4-3-8-20-11-12/h5-6,12-13H,2-4,7-11H2,1H3,(H,16,17,18)/t12-,13+/m1/s1. The maximum atomic E-state index is 5.51. The van der Waals surface area contributed by atoms with E-state index >= 15 is 0 Å². The van der Waals surface area contributed by atoms with Crippen LogP contribution in [0.5, 0.6) is 0 Å². The summed E-state index contributed by atoms with van der Waals surface area (Å²) in [5.41, 5.74) is 0. The summed E-state index contributed by atoms with van der Waals surface area (Å²) in [7, 11) is 0. The van der Waals surface area contributed by atoms with E-state index in [4.69, 9.17) is 9.72 Å². The highest BCUT2D eigenvalue weighted by Gasteiger charge is 2.21. The third kappa shape index (κ3) is 4.01. The van der Waals surface area contributed by atoms with Crippen LogP contribution in [-0.2, 0) is 4.74 Å². The Kier molecular flexibility index (Phi) is 5.19. The summed E-state index contributed by atoms with van der Waals surface area (Å²) in [5.74, 6) is 2.94. The van der Waals surface area contributed by atoms with Crippen molar-refractivity contribution in [1.29, 1.82) is 0 Å². The van der Waals surface area contributed by atoms with E-state index < -0.39 is 0 Å². The van der Waals surface area contributed by atoms with Crippen LogP contribution < -0.4 is 10.2 Å². The van der Waals surface area contributed by atoms with Gasteiger partial charge < -0.3 is 15.0 Å². The van der Waals surface area contributed by atoms with Crippen molar-refractivity contribution < 1.29 is 4.74 Å². The highest BCUT2D eigenvalue weighted by molar-refractivity contribution is 8.00. The molecule has 3 heterocycles. The van der Waals surface area contributed by atoms with E-state index in [1.165, 1.54) is 6.42 Å². The average molecular weight is 308 g/mol. The molecule has 0 spiro atoms. The van der Waals surface area contributed by atoms with E-state index in [0.717, 1.165) is 56.7 Å². The van der Waals surface area contributed by atoms with Gasteiger partial charge in [-0.05, 0) is 25.3 Å². The summed E-state index contributed by atoms with van der Waals surface area (Å²) in [6.45, 7) is 6.01. The number of hydrogen-bond acceptors (Lipinski definition) is 6. The first-order valence-corrected chi connectivity index (χ1v) is 8.94. The molecule has 6 heteroatoms. The molecule has 0 amide bonds. The molecule has 21 heavy (non-hydrogen) atoms. The first-order valence-electron chi connectivity index (χ1n) is 7.89. The van der Waals surface area contributed by atoms with Crippen molar-refractivity contribution in [2.75, 3.05) is 42.3 Å². The zero-order chi connectivity index (χ0) is 14.5. The Balaban J connectivity index is 1.64. The van der Waals surface area contributed by atoms with Crippen molar-refractivity contribution >= 4 is 23.5 Å². The maximum absolute atomic E-state index is 5.51. The average Bonchev–Trinajstić information content (AvgIpc) is 2.56. The predicted molar refractivity (Wildman–Crippen MR) is 88.2 cm³/mol. The van der Waals surface area contributed by atoms with Crippen LogP contribution in [0.15, 0.2) is 12.3 Å². The fraction of sp³-hybridized carbons (Fsp3) is 0.733. The summed E-state index contributed by atoms with van der Waals surface area (Å²) in [4.78, 5) is 11.5. The lowest BCUT2D eigenvalue weighted by molar-refractivity contribution is 0.0875. The number of hydrogen-bond donors (Lipinski definition) is 1. The number of rotatable bonds is 4. The molecule has 1 aromatic rings.